The minimum absolute atomic E-state index is 0.151. The van der Waals surface area contributed by atoms with Crippen LogP contribution in [0.25, 0.3) is 0 Å². The predicted molar refractivity (Wildman–Crippen MR) is 63.3 cm³/mol. The van der Waals surface area contributed by atoms with Crippen LogP contribution in [0.3, 0.4) is 0 Å². The molecule has 16 heavy (non-hydrogen) atoms. The fourth-order valence-electron chi connectivity index (χ4n) is 1.85. The van der Waals surface area contributed by atoms with Gasteiger partial charge in [0.1, 0.15) is 0 Å². The highest BCUT2D eigenvalue weighted by Gasteiger charge is 2.07. The highest BCUT2D eigenvalue weighted by Crippen LogP contribution is 2.22. The minimum atomic E-state index is -0.371. The standard InChI is InChI=1S/C13H13NO2/c1-10-2-3-12(8-10)9-11-4-6-13(7-5-11)14(15)16/h2,4-8H,3,9H2,1H3. The van der Waals surface area contributed by atoms with Crippen LogP contribution in [0.5, 0.6) is 0 Å². The summed E-state index contributed by atoms with van der Waals surface area (Å²) in [6.45, 7) is 2.09. The molecule has 0 atom stereocenters. The molecule has 0 aliphatic heterocycles. The number of benzene rings is 1. The smallest absolute Gasteiger partial charge is 0.258 e. The van der Waals surface area contributed by atoms with Gasteiger partial charge in [-0.3, -0.25) is 10.1 Å². The maximum atomic E-state index is 10.5. The molecular weight excluding hydrogens is 202 g/mol. The Labute approximate surface area is 94.3 Å². The van der Waals surface area contributed by atoms with Crippen LogP contribution >= 0.6 is 0 Å². The molecule has 0 saturated carbocycles. The summed E-state index contributed by atoms with van der Waals surface area (Å²) in [5.74, 6) is 0. The number of nitro benzene ring substituents is 1. The van der Waals surface area contributed by atoms with E-state index in [0.717, 1.165) is 18.4 Å². The number of nitro groups is 1. The molecule has 1 aliphatic rings. The van der Waals surface area contributed by atoms with Crippen molar-refractivity contribution in [3.8, 4) is 0 Å². The van der Waals surface area contributed by atoms with Crippen LogP contribution in [-0.2, 0) is 6.42 Å². The summed E-state index contributed by atoms with van der Waals surface area (Å²) in [6.07, 6.45) is 6.26. The third-order valence-corrected chi connectivity index (χ3v) is 2.70. The largest absolute Gasteiger partial charge is 0.269 e. The fourth-order valence-corrected chi connectivity index (χ4v) is 1.85. The molecule has 0 N–H and O–H groups in total. The molecular formula is C13H13NO2. The molecule has 3 heteroatoms. The van der Waals surface area contributed by atoms with Gasteiger partial charge in [0.25, 0.3) is 5.69 Å². The molecule has 1 aromatic carbocycles. The number of non-ortho nitro benzene ring substituents is 1. The number of hydrogen-bond donors (Lipinski definition) is 0. The van der Waals surface area contributed by atoms with Gasteiger partial charge in [-0.25, -0.2) is 0 Å². The topological polar surface area (TPSA) is 43.1 Å². The lowest BCUT2D eigenvalue weighted by Gasteiger charge is -2.01. The van der Waals surface area contributed by atoms with Crippen molar-refractivity contribution in [2.24, 2.45) is 0 Å². The lowest BCUT2D eigenvalue weighted by molar-refractivity contribution is -0.384. The molecule has 2 rings (SSSR count). The van der Waals surface area contributed by atoms with Gasteiger partial charge in [0, 0.05) is 12.1 Å². The average Bonchev–Trinajstić information content (AvgIpc) is 2.65. The number of nitrogens with zero attached hydrogens (tertiary/aromatic N) is 1. The van der Waals surface area contributed by atoms with E-state index in [-0.39, 0.29) is 10.6 Å². The zero-order valence-corrected chi connectivity index (χ0v) is 9.14. The molecule has 0 aromatic heterocycles. The molecule has 0 fully saturated rings. The second kappa shape index (κ2) is 4.31. The molecule has 0 saturated heterocycles. The van der Waals surface area contributed by atoms with E-state index in [0.29, 0.717) is 0 Å². The minimum Gasteiger partial charge on any atom is -0.258 e. The molecule has 0 unspecified atom stereocenters. The van der Waals surface area contributed by atoms with E-state index in [4.69, 9.17) is 0 Å². The number of allylic oxidation sites excluding steroid dienone is 4. The van der Waals surface area contributed by atoms with Crippen LogP contribution in [-0.4, -0.2) is 4.92 Å². The molecule has 3 nitrogen and oxygen atoms in total. The highest BCUT2D eigenvalue weighted by atomic mass is 16.6. The molecule has 0 bridgehead atoms. The second-order valence-corrected chi connectivity index (χ2v) is 4.06. The summed E-state index contributed by atoms with van der Waals surface area (Å²) in [6, 6.07) is 6.77. The molecule has 0 heterocycles. The molecule has 82 valence electrons. The van der Waals surface area contributed by atoms with Crippen molar-refractivity contribution in [1.29, 1.82) is 0 Å². The third-order valence-electron chi connectivity index (χ3n) is 2.70. The van der Waals surface area contributed by atoms with Crippen molar-refractivity contribution < 1.29 is 4.92 Å². The Morgan fingerprint density at radius 1 is 1.31 bits per heavy atom. The van der Waals surface area contributed by atoms with Crippen LogP contribution in [0, 0.1) is 10.1 Å². The quantitative estimate of drug-likeness (QED) is 0.572. The van der Waals surface area contributed by atoms with Gasteiger partial charge in [-0.1, -0.05) is 35.4 Å². The first-order valence-electron chi connectivity index (χ1n) is 5.25. The Morgan fingerprint density at radius 3 is 2.50 bits per heavy atom. The summed E-state index contributed by atoms with van der Waals surface area (Å²) in [5.41, 5.74) is 3.95. The highest BCUT2D eigenvalue weighted by molar-refractivity contribution is 5.38. The first kappa shape index (κ1) is 10.6. The van der Waals surface area contributed by atoms with E-state index < -0.39 is 0 Å². The van der Waals surface area contributed by atoms with Gasteiger partial charge in [-0.2, -0.15) is 0 Å². The molecule has 1 aromatic rings. The van der Waals surface area contributed by atoms with E-state index >= 15 is 0 Å². The Morgan fingerprint density at radius 2 is 2.00 bits per heavy atom. The molecule has 0 amide bonds. The SMILES string of the molecule is CC1=CCC(Cc2ccc([N+](=O)[O-])cc2)=C1. The van der Waals surface area contributed by atoms with Gasteiger partial charge in [-0.05, 0) is 25.3 Å². The zero-order valence-electron chi connectivity index (χ0n) is 9.14. The monoisotopic (exact) mass is 215 g/mol. The first-order chi connectivity index (χ1) is 7.65. The lowest BCUT2D eigenvalue weighted by Crippen LogP contribution is -1.90. The summed E-state index contributed by atoms with van der Waals surface area (Å²) >= 11 is 0. The number of hydrogen-bond acceptors (Lipinski definition) is 2. The van der Waals surface area contributed by atoms with Crippen LogP contribution < -0.4 is 0 Å². The van der Waals surface area contributed by atoms with Crippen molar-refractivity contribution in [2.45, 2.75) is 19.8 Å². The van der Waals surface area contributed by atoms with Crippen molar-refractivity contribution in [3.63, 3.8) is 0 Å². The predicted octanol–water partition coefficient (Wildman–Crippen LogP) is 3.41. The lowest BCUT2D eigenvalue weighted by atomic mass is 10.0. The third kappa shape index (κ3) is 2.37. The maximum absolute atomic E-state index is 10.5. The van der Waals surface area contributed by atoms with Crippen molar-refractivity contribution in [1.82, 2.24) is 0 Å². The van der Waals surface area contributed by atoms with Gasteiger partial charge in [-0.15, -0.1) is 0 Å². The normalized spacial score (nSPS) is 14.6. The van der Waals surface area contributed by atoms with Crippen LogP contribution in [0.4, 0.5) is 5.69 Å². The zero-order chi connectivity index (χ0) is 11.5. The Bertz CT molecular complexity index is 469. The summed E-state index contributed by atoms with van der Waals surface area (Å²) < 4.78 is 0. The molecule has 1 aliphatic carbocycles. The van der Waals surface area contributed by atoms with Crippen molar-refractivity contribution in [3.05, 3.63) is 63.2 Å². The van der Waals surface area contributed by atoms with Crippen LogP contribution in [0.2, 0.25) is 0 Å². The van der Waals surface area contributed by atoms with Gasteiger partial charge < -0.3 is 0 Å². The Balaban J connectivity index is 2.06. The van der Waals surface area contributed by atoms with Gasteiger partial charge in [0.05, 0.1) is 4.92 Å². The summed E-state index contributed by atoms with van der Waals surface area (Å²) in [7, 11) is 0. The van der Waals surface area contributed by atoms with Gasteiger partial charge in [0.15, 0.2) is 0 Å². The van der Waals surface area contributed by atoms with Gasteiger partial charge >= 0.3 is 0 Å². The van der Waals surface area contributed by atoms with Crippen LogP contribution in [0.1, 0.15) is 18.9 Å². The summed E-state index contributed by atoms with van der Waals surface area (Å²) in [4.78, 5) is 10.1. The Kier molecular flexibility index (Phi) is 2.86. The van der Waals surface area contributed by atoms with E-state index in [9.17, 15) is 10.1 Å². The van der Waals surface area contributed by atoms with Gasteiger partial charge in [0.2, 0.25) is 0 Å². The van der Waals surface area contributed by atoms with E-state index in [1.807, 2.05) is 12.1 Å². The van der Waals surface area contributed by atoms with Crippen molar-refractivity contribution in [2.75, 3.05) is 0 Å². The summed E-state index contributed by atoms with van der Waals surface area (Å²) in [5, 5.41) is 10.5. The second-order valence-electron chi connectivity index (χ2n) is 4.06. The maximum Gasteiger partial charge on any atom is 0.269 e. The molecule has 0 spiro atoms. The fraction of sp³-hybridized carbons (Fsp3) is 0.231. The van der Waals surface area contributed by atoms with Crippen molar-refractivity contribution >= 4 is 5.69 Å². The van der Waals surface area contributed by atoms with E-state index in [2.05, 4.69) is 19.1 Å². The van der Waals surface area contributed by atoms with E-state index in [1.165, 1.54) is 11.1 Å². The molecule has 0 radical (unpaired) electrons. The number of rotatable bonds is 3. The first-order valence-corrected chi connectivity index (χ1v) is 5.25. The Hall–Kier alpha value is -1.90. The van der Waals surface area contributed by atoms with Crippen LogP contribution in [0.15, 0.2) is 47.6 Å². The average molecular weight is 215 g/mol. The van der Waals surface area contributed by atoms with E-state index in [1.54, 1.807) is 12.1 Å².